The Morgan fingerprint density at radius 1 is 1.00 bits per heavy atom. The van der Waals surface area contributed by atoms with Gasteiger partial charge in [0.1, 0.15) is 17.7 Å². The Kier molecular flexibility index (Phi) is 4.48. The number of carbonyl (C=O) groups excluding carboxylic acids is 1. The monoisotopic (exact) mass is 335 g/mol. The first-order chi connectivity index (χ1) is 12.1. The highest BCUT2D eigenvalue weighted by atomic mass is 19.1. The molecule has 1 aromatic heterocycles. The summed E-state index contributed by atoms with van der Waals surface area (Å²) >= 11 is 0. The first kappa shape index (κ1) is 16.3. The molecular weight excluding hydrogens is 324 g/mol. The Balaban J connectivity index is 1.90. The number of nitrogens with one attached hydrogen (secondary N) is 1. The molecule has 1 amide bonds. The van der Waals surface area contributed by atoms with Crippen molar-refractivity contribution in [3.8, 4) is 17.2 Å². The summed E-state index contributed by atoms with van der Waals surface area (Å²) in [5, 5.41) is 11.4. The minimum Gasteiger partial charge on any atom is -0.319 e. The van der Waals surface area contributed by atoms with Crippen LogP contribution in [0.1, 0.15) is 15.9 Å². The van der Waals surface area contributed by atoms with Crippen LogP contribution < -0.4 is 5.32 Å². The van der Waals surface area contributed by atoms with Crippen LogP contribution in [0.15, 0.2) is 60.9 Å². The van der Waals surface area contributed by atoms with E-state index in [1.165, 1.54) is 54.9 Å². The van der Waals surface area contributed by atoms with Gasteiger partial charge in [0, 0.05) is 18.0 Å². The van der Waals surface area contributed by atoms with Crippen LogP contribution in [0.25, 0.3) is 11.1 Å². The zero-order valence-electron chi connectivity index (χ0n) is 12.8. The largest absolute Gasteiger partial charge is 0.319 e. The number of halogens is 2. The van der Waals surface area contributed by atoms with E-state index in [2.05, 4.69) is 10.3 Å². The number of rotatable bonds is 3. The molecule has 4 nitrogen and oxygen atoms in total. The third-order valence-electron chi connectivity index (χ3n) is 3.54. The predicted molar refractivity (Wildman–Crippen MR) is 88.7 cm³/mol. The molecule has 0 atom stereocenters. The van der Waals surface area contributed by atoms with Crippen molar-refractivity contribution in [1.29, 1.82) is 5.26 Å². The SMILES string of the molecule is N#Cc1cc(-c2cncc(C(=O)Nc3ccccc3F)c2)ccc1F. The smallest absolute Gasteiger partial charge is 0.257 e. The Labute approximate surface area is 142 Å². The Morgan fingerprint density at radius 2 is 1.80 bits per heavy atom. The van der Waals surface area contributed by atoms with Gasteiger partial charge in [-0.25, -0.2) is 8.78 Å². The molecule has 2 aromatic carbocycles. The fraction of sp³-hybridized carbons (Fsp3) is 0. The maximum absolute atomic E-state index is 13.6. The summed E-state index contributed by atoms with van der Waals surface area (Å²) in [6.07, 6.45) is 2.84. The molecule has 0 unspecified atom stereocenters. The zero-order chi connectivity index (χ0) is 17.8. The van der Waals surface area contributed by atoms with E-state index < -0.39 is 17.5 Å². The lowest BCUT2D eigenvalue weighted by Crippen LogP contribution is -2.13. The van der Waals surface area contributed by atoms with E-state index in [9.17, 15) is 13.6 Å². The second-order valence-electron chi connectivity index (χ2n) is 5.20. The molecule has 0 fully saturated rings. The average Bonchev–Trinajstić information content (AvgIpc) is 2.64. The summed E-state index contributed by atoms with van der Waals surface area (Å²) in [6, 6.07) is 13.2. The van der Waals surface area contributed by atoms with E-state index in [4.69, 9.17) is 5.26 Å². The van der Waals surface area contributed by atoms with Gasteiger partial charge in [0.2, 0.25) is 0 Å². The maximum atomic E-state index is 13.6. The minimum atomic E-state index is -0.618. The lowest BCUT2D eigenvalue weighted by molar-refractivity contribution is 0.102. The fourth-order valence-electron chi connectivity index (χ4n) is 2.27. The number of hydrogen-bond acceptors (Lipinski definition) is 3. The summed E-state index contributed by atoms with van der Waals surface area (Å²) in [7, 11) is 0. The molecule has 0 saturated heterocycles. The van der Waals surface area contributed by atoms with Crippen LogP contribution in [0.5, 0.6) is 0 Å². The molecule has 0 bridgehead atoms. The number of aromatic nitrogens is 1. The van der Waals surface area contributed by atoms with Crippen molar-refractivity contribution in [2.75, 3.05) is 5.32 Å². The van der Waals surface area contributed by atoms with Gasteiger partial charge in [0.05, 0.1) is 16.8 Å². The average molecular weight is 335 g/mol. The number of amides is 1. The van der Waals surface area contributed by atoms with Crippen molar-refractivity contribution in [2.45, 2.75) is 0 Å². The van der Waals surface area contributed by atoms with Gasteiger partial charge in [-0.05, 0) is 35.9 Å². The molecule has 0 spiro atoms. The van der Waals surface area contributed by atoms with Crippen LogP contribution >= 0.6 is 0 Å². The van der Waals surface area contributed by atoms with Gasteiger partial charge in [-0.1, -0.05) is 18.2 Å². The topological polar surface area (TPSA) is 65.8 Å². The predicted octanol–water partition coefficient (Wildman–Crippen LogP) is 4.15. The van der Waals surface area contributed by atoms with Crippen LogP contribution in [-0.4, -0.2) is 10.9 Å². The van der Waals surface area contributed by atoms with Gasteiger partial charge in [-0.3, -0.25) is 9.78 Å². The summed E-state index contributed by atoms with van der Waals surface area (Å²) in [5.41, 5.74) is 1.26. The molecule has 122 valence electrons. The summed E-state index contributed by atoms with van der Waals surface area (Å²) in [6.45, 7) is 0. The Hall–Kier alpha value is -3.59. The van der Waals surface area contributed by atoms with Gasteiger partial charge in [-0.2, -0.15) is 5.26 Å². The molecule has 1 heterocycles. The fourth-order valence-corrected chi connectivity index (χ4v) is 2.27. The number of carbonyl (C=O) groups is 1. The highest BCUT2D eigenvalue weighted by molar-refractivity contribution is 6.04. The number of anilines is 1. The van der Waals surface area contributed by atoms with Crippen molar-refractivity contribution < 1.29 is 13.6 Å². The van der Waals surface area contributed by atoms with E-state index in [-0.39, 0.29) is 16.8 Å². The standard InChI is InChI=1S/C19H11F2N3O/c20-16-6-5-12(7-13(16)9-22)14-8-15(11-23-10-14)19(25)24-18-4-2-1-3-17(18)21/h1-8,10-11H,(H,24,25). The summed E-state index contributed by atoms with van der Waals surface area (Å²) in [5.74, 6) is -1.69. The second-order valence-corrected chi connectivity index (χ2v) is 5.20. The minimum absolute atomic E-state index is 0.0615. The third-order valence-corrected chi connectivity index (χ3v) is 3.54. The lowest BCUT2D eigenvalue weighted by atomic mass is 10.0. The van der Waals surface area contributed by atoms with Crippen LogP contribution in [0.4, 0.5) is 14.5 Å². The molecule has 1 N–H and O–H groups in total. The van der Waals surface area contributed by atoms with E-state index in [0.29, 0.717) is 11.1 Å². The molecule has 25 heavy (non-hydrogen) atoms. The molecule has 0 aliphatic rings. The van der Waals surface area contributed by atoms with Crippen molar-refractivity contribution in [1.82, 2.24) is 4.98 Å². The Bertz CT molecular complexity index is 996. The van der Waals surface area contributed by atoms with E-state index >= 15 is 0 Å². The molecule has 0 radical (unpaired) electrons. The number of nitriles is 1. The summed E-state index contributed by atoms with van der Waals surface area (Å²) < 4.78 is 27.1. The zero-order valence-corrected chi connectivity index (χ0v) is 12.8. The highest BCUT2D eigenvalue weighted by Crippen LogP contribution is 2.23. The van der Waals surface area contributed by atoms with Crippen molar-refractivity contribution in [3.63, 3.8) is 0 Å². The van der Waals surface area contributed by atoms with E-state index in [1.54, 1.807) is 12.1 Å². The van der Waals surface area contributed by atoms with Gasteiger partial charge < -0.3 is 5.32 Å². The van der Waals surface area contributed by atoms with Gasteiger partial charge in [0.25, 0.3) is 5.91 Å². The normalized spacial score (nSPS) is 10.1. The van der Waals surface area contributed by atoms with Gasteiger partial charge in [-0.15, -0.1) is 0 Å². The maximum Gasteiger partial charge on any atom is 0.257 e. The van der Waals surface area contributed by atoms with Crippen LogP contribution in [0.3, 0.4) is 0 Å². The number of hydrogen-bond donors (Lipinski definition) is 1. The number of para-hydroxylation sites is 1. The first-order valence-corrected chi connectivity index (χ1v) is 7.29. The van der Waals surface area contributed by atoms with Crippen molar-refractivity contribution >= 4 is 11.6 Å². The number of pyridine rings is 1. The molecule has 6 heteroatoms. The van der Waals surface area contributed by atoms with Gasteiger partial charge in [0.15, 0.2) is 0 Å². The van der Waals surface area contributed by atoms with Crippen LogP contribution in [0, 0.1) is 23.0 Å². The first-order valence-electron chi connectivity index (χ1n) is 7.29. The number of benzene rings is 2. The lowest BCUT2D eigenvalue weighted by Gasteiger charge is -2.08. The Morgan fingerprint density at radius 3 is 2.56 bits per heavy atom. The third kappa shape index (κ3) is 3.51. The van der Waals surface area contributed by atoms with E-state index in [1.807, 2.05) is 0 Å². The van der Waals surface area contributed by atoms with Crippen molar-refractivity contribution in [3.05, 3.63) is 83.7 Å². The van der Waals surface area contributed by atoms with Crippen LogP contribution in [0.2, 0.25) is 0 Å². The van der Waals surface area contributed by atoms with E-state index in [0.717, 1.165) is 0 Å². The van der Waals surface area contributed by atoms with Gasteiger partial charge >= 0.3 is 0 Å². The second kappa shape index (κ2) is 6.89. The number of nitrogens with zero attached hydrogens (tertiary/aromatic N) is 2. The highest BCUT2D eigenvalue weighted by Gasteiger charge is 2.11. The van der Waals surface area contributed by atoms with Crippen molar-refractivity contribution in [2.24, 2.45) is 0 Å². The molecule has 0 aliphatic carbocycles. The molecule has 0 aliphatic heterocycles. The molecule has 0 saturated carbocycles. The molecular formula is C19H11F2N3O. The quantitative estimate of drug-likeness (QED) is 0.782. The van der Waals surface area contributed by atoms with Crippen LogP contribution in [-0.2, 0) is 0 Å². The summed E-state index contributed by atoms with van der Waals surface area (Å²) in [4.78, 5) is 16.3. The molecule has 3 rings (SSSR count). The molecule has 3 aromatic rings.